The van der Waals surface area contributed by atoms with E-state index in [0.29, 0.717) is 5.56 Å². The summed E-state index contributed by atoms with van der Waals surface area (Å²) in [5.74, 6) is -0.0272. The Hall–Kier alpha value is -1.42. The number of hydrogen-bond acceptors (Lipinski definition) is 2. The highest BCUT2D eigenvalue weighted by Crippen LogP contribution is 2.16. The third-order valence-corrected chi connectivity index (χ3v) is 3.60. The Morgan fingerprint density at radius 3 is 3.00 bits per heavy atom. The van der Waals surface area contributed by atoms with Crippen LogP contribution in [0.2, 0.25) is 0 Å². The lowest BCUT2D eigenvalue weighted by Gasteiger charge is -2.14. The molecular weight excluding hydrogens is 304 g/mol. The highest BCUT2D eigenvalue weighted by Gasteiger charge is 2.12. The molecule has 0 bridgehead atoms. The minimum Gasteiger partial charge on any atom is -0.350 e. The average Bonchev–Trinajstić information content (AvgIpc) is 2.44. The first kappa shape index (κ1) is 14.0. The Kier molecular flexibility index (Phi) is 4.91. The summed E-state index contributed by atoms with van der Waals surface area (Å²) < 4.78 is 0. The summed E-state index contributed by atoms with van der Waals surface area (Å²) in [4.78, 5) is 16.5. The molecule has 1 unspecified atom stereocenters. The first-order valence-electron chi connectivity index (χ1n) is 6.43. The van der Waals surface area contributed by atoms with Gasteiger partial charge in [-0.15, -0.1) is 0 Å². The summed E-state index contributed by atoms with van der Waals surface area (Å²) in [6, 6.07) is 9.59. The molecule has 1 aromatic heterocycles. The van der Waals surface area contributed by atoms with Gasteiger partial charge in [0, 0.05) is 28.5 Å². The third kappa shape index (κ3) is 3.53. The first-order valence-corrected chi connectivity index (χ1v) is 7.55. The maximum atomic E-state index is 12.3. The van der Waals surface area contributed by atoms with Crippen molar-refractivity contribution in [3.63, 3.8) is 0 Å². The number of carbonyl (C=O) groups is 1. The fourth-order valence-electron chi connectivity index (χ4n) is 2.06. The molecule has 0 aliphatic heterocycles. The SMILES string of the molecule is CC(CCCBr)NC(=O)c1cccc2ncccc12. The molecule has 1 amide bonds. The van der Waals surface area contributed by atoms with Gasteiger partial charge in [-0.1, -0.05) is 28.1 Å². The van der Waals surface area contributed by atoms with Crippen LogP contribution in [0.5, 0.6) is 0 Å². The third-order valence-electron chi connectivity index (χ3n) is 3.04. The quantitative estimate of drug-likeness (QED) is 0.856. The number of aromatic nitrogens is 1. The van der Waals surface area contributed by atoms with Crippen LogP contribution in [0.1, 0.15) is 30.1 Å². The van der Waals surface area contributed by atoms with Crippen molar-refractivity contribution in [1.82, 2.24) is 10.3 Å². The van der Waals surface area contributed by atoms with E-state index in [-0.39, 0.29) is 11.9 Å². The summed E-state index contributed by atoms with van der Waals surface area (Å²) in [6.45, 7) is 2.03. The van der Waals surface area contributed by atoms with E-state index >= 15 is 0 Å². The first-order chi connectivity index (χ1) is 9.22. The van der Waals surface area contributed by atoms with Crippen LogP contribution >= 0.6 is 15.9 Å². The number of nitrogens with zero attached hydrogens (tertiary/aromatic N) is 1. The van der Waals surface area contributed by atoms with Crippen molar-refractivity contribution in [1.29, 1.82) is 0 Å². The molecule has 2 rings (SSSR count). The van der Waals surface area contributed by atoms with Gasteiger partial charge < -0.3 is 5.32 Å². The summed E-state index contributed by atoms with van der Waals surface area (Å²) in [6.07, 6.45) is 3.77. The van der Waals surface area contributed by atoms with E-state index in [1.807, 2.05) is 37.3 Å². The maximum absolute atomic E-state index is 12.3. The number of nitrogens with one attached hydrogen (secondary N) is 1. The topological polar surface area (TPSA) is 42.0 Å². The lowest BCUT2D eigenvalue weighted by atomic mass is 10.1. The average molecular weight is 321 g/mol. The highest BCUT2D eigenvalue weighted by atomic mass is 79.9. The second-order valence-electron chi connectivity index (χ2n) is 4.58. The molecule has 3 nitrogen and oxygen atoms in total. The van der Waals surface area contributed by atoms with Gasteiger partial charge in [-0.3, -0.25) is 9.78 Å². The largest absolute Gasteiger partial charge is 0.350 e. The number of benzene rings is 1. The van der Waals surface area contributed by atoms with Gasteiger partial charge in [0.05, 0.1) is 5.52 Å². The molecular formula is C15H17BrN2O. The van der Waals surface area contributed by atoms with E-state index in [4.69, 9.17) is 0 Å². The molecule has 0 saturated carbocycles. The molecule has 0 saturated heterocycles. The number of amides is 1. The molecule has 0 aliphatic rings. The minimum absolute atomic E-state index is 0.0272. The zero-order chi connectivity index (χ0) is 13.7. The Labute approximate surface area is 121 Å². The maximum Gasteiger partial charge on any atom is 0.252 e. The van der Waals surface area contributed by atoms with Crippen LogP contribution in [0.15, 0.2) is 36.5 Å². The standard InChI is InChI=1S/C15H17BrN2O/c1-11(5-3-9-16)18-15(19)13-6-2-8-14-12(13)7-4-10-17-14/h2,4,6-8,10-11H,3,5,9H2,1H3,(H,18,19). The summed E-state index contributed by atoms with van der Waals surface area (Å²) in [5.41, 5.74) is 1.54. The summed E-state index contributed by atoms with van der Waals surface area (Å²) >= 11 is 3.40. The molecule has 1 atom stereocenters. The van der Waals surface area contributed by atoms with Gasteiger partial charge in [0.2, 0.25) is 0 Å². The monoisotopic (exact) mass is 320 g/mol. The Balaban J connectivity index is 2.17. The molecule has 0 fully saturated rings. The van der Waals surface area contributed by atoms with Crippen LogP contribution in [0, 0.1) is 0 Å². The van der Waals surface area contributed by atoms with Gasteiger partial charge in [-0.25, -0.2) is 0 Å². The Bertz CT molecular complexity index is 566. The molecule has 2 aromatic rings. The minimum atomic E-state index is -0.0272. The summed E-state index contributed by atoms with van der Waals surface area (Å²) in [7, 11) is 0. The molecule has 0 aliphatic carbocycles. The van der Waals surface area contributed by atoms with E-state index in [1.165, 1.54) is 0 Å². The van der Waals surface area contributed by atoms with E-state index in [2.05, 4.69) is 26.2 Å². The van der Waals surface area contributed by atoms with Crippen LogP contribution in [0.4, 0.5) is 0 Å². The molecule has 4 heteroatoms. The van der Waals surface area contributed by atoms with Gasteiger partial charge in [-0.05, 0) is 38.0 Å². The Morgan fingerprint density at radius 1 is 1.37 bits per heavy atom. The predicted octanol–water partition coefficient (Wildman–Crippen LogP) is 3.53. The van der Waals surface area contributed by atoms with E-state index in [9.17, 15) is 4.79 Å². The lowest BCUT2D eigenvalue weighted by molar-refractivity contribution is 0.0940. The van der Waals surface area contributed by atoms with Gasteiger partial charge >= 0.3 is 0 Å². The molecule has 0 radical (unpaired) electrons. The van der Waals surface area contributed by atoms with Gasteiger partial charge in [-0.2, -0.15) is 0 Å². The number of fused-ring (bicyclic) bond motifs is 1. The molecule has 0 spiro atoms. The van der Waals surface area contributed by atoms with Gasteiger partial charge in [0.25, 0.3) is 5.91 Å². The molecule has 1 N–H and O–H groups in total. The normalized spacial score (nSPS) is 12.3. The van der Waals surface area contributed by atoms with Gasteiger partial charge in [0.15, 0.2) is 0 Å². The van der Waals surface area contributed by atoms with Crippen LogP contribution in [-0.4, -0.2) is 22.3 Å². The molecule has 100 valence electrons. The molecule has 1 aromatic carbocycles. The second kappa shape index (κ2) is 6.66. The van der Waals surface area contributed by atoms with E-state index < -0.39 is 0 Å². The number of carbonyl (C=O) groups excluding carboxylic acids is 1. The summed E-state index contributed by atoms with van der Waals surface area (Å²) in [5, 5.41) is 4.90. The highest BCUT2D eigenvalue weighted by molar-refractivity contribution is 9.09. The fourth-order valence-corrected chi connectivity index (χ4v) is 2.38. The van der Waals surface area contributed by atoms with Crippen LogP contribution in [-0.2, 0) is 0 Å². The zero-order valence-electron chi connectivity index (χ0n) is 10.9. The number of hydrogen-bond donors (Lipinski definition) is 1. The van der Waals surface area contributed by atoms with Crippen molar-refractivity contribution in [2.24, 2.45) is 0 Å². The molecule has 1 heterocycles. The zero-order valence-corrected chi connectivity index (χ0v) is 12.5. The van der Waals surface area contributed by atoms with E-state index in [1.54, 1.807) is 6.20 Å². The molecule has 19 heavy (non-hydrogen) atoms. The number of halogens is 1. The van der Waals surface area contributed by atoms with Crippen molar-refractivity contribution < 1.29 is 4.79 Å². The van der Waals surface area contributed by atoms with Crippen molar-refractivity contribution in [2.45, 2.75) is 25.8 Å². The smallest absolute Gasteiger partial charge is 0.252 e. The van der Waals surface area contributed by atoms with Crippen LogP contribution < -0.4 is 5.32 Å². The van der Waals surface area contributed by atoms with Crippen molar-refractivity contribution in [2.75, 3.05) is 5.33 Å². The Morgan fingerprint density at radius 2 is 2.21 bits per heavy atom. The van der Waals surface area contributed by atoms with Crippen molar-refractivity contribution >= 4 is 32.7 Å². The predicted molar refractivity (Wildman–Crippen MR) is 81.7 cm³/mol. The van der Waals surface area contributed by atoms with Crippen molar-refractivity contribution in [3.05, 3.63) is 42.1 Å². The van der Waals surface area contributed by atoms with Gasteiger partial charge in [0.1, 0.15) is 0 Å². The second-order valence-corrected chi connectivity index (χ2v) is 5.37. The lowest BCUT2D eigenvalue weighted by Crippen LogP contribution is -2.32. The number of rotatable bonds is 5. The van der Waals surface area contributed by atoms with E-state index in [0.717, 1.165) is 29.1 Å². The van der Waals surface area contributed by atoms with Crippen LogP contribution in [0.25, 0.3) is 10.9 Å². The fraction of sp³-hybridized carbons (Fsp3) is 0.333. The number of pyridine rings is 1. The van der Waals surface area contributed by atoms with Crippen molar-refractivity contribution in [3.8, 4) is 0 Å². The number of alkyl halides is 1. The van der Waals surface area contributed by atoms with Crippen LogP contribution in [0.3, 0.4) is 0 Å².